The molecular weight excluding hydrogens is 359 g/mol. The summed E-state index contributed by atoms with van der Waals surface area (Å²) in [4.78, 5) is 12.1. The van der Waals surface area contributed by atoms with Gasteiger partial charge in [0, 0.05) is 17.0 Å². The zero-order valence-corrected chi connectivity index (χ0v) is 13.6. The molecule has 27 heavy (non-hydrogen) atoms. The molecule has 4 aromatic rings. The van der Waals surface area contributed by atoms with Gasteiger partial charge in [-0.3, -0.25) is 0 Å². The van der Waals surface area contributed by atoms with Gasteiger partial charge in [0.1, 0.15) is 11.4 Å². The summed E-state index contributed by atoms with van der Waals surface area (Å²) in [6.45, 7) is 0. The van der Waals surface area contributed by atoms with Crippen molar-refractivity contribution in [2.24, 2.45) is 0 Å². The van der Waals surface area contributed by atoms with Crippen molar-refractivity contribution in [2.75, 3.05) is 0 Å². The van der Waals surface area contributed by atoms with Crippen LogP contribution in [-0.2, 0) is 0 Å². The van der Waals surface area contributed by atoms with E-state index in [-0.39, 0.29) is 22.6 Å². The predicted octanol–water partition coefficient (Wildman–Crippen LogP) is 5.13. The Balaban J connectivity index is 1.67. The average molecular weight is 369 g/mol. The molecule has 7 heteroatoms. The Morgan fingerprint density at radius 2 is 1.63 bits per heavy atom. The standard InChI is InChI=1S/C20H10F3NO3/c21-15-8-12(9-16(22)18(15)23)19-14-7-6-13(10-17(14)27-24-19)26-20(25)11-4-2-1-3-5-11/h1-10H. The SMILES string of the molecule is O=C(Oc1ccc2c(-c3cc(F)c(F)c(F)c3)noc2c1)c1ccccc1. The number of ether oxygens (including phenoxy) is 1. The van der Waals surface area contributed by atoms with Gasteiger partial charge in [0.15, 0.2) is 23.0 Å². The van der Waals surface area contributed by atoms with Crippen LogP contribution >= 0.6 is 0 Å². The number of carbonyl (C=O) groups excluding carboxylic acids is 1. The molecule has 1 heterocycles. The highest BCUT2D eigenvalue weighted by atomic mass is 19.2. The minimum absolute atomic E-state index is 0.0270. The van der Waals surface area contributed by atoms with Gasteiger partial charge in [0.2, 0.25) is 0 Å². The van der Waals surface area contributed by atoms with Crippen molar-refractivity contribution in [3.8, 4) is 17.0 Å². The molecule has 0 fully saturated rings. The van der Waals surface area contributed by atoms with Gasteiger partial charge < -0.3 is 9.26 Å². The molecule has 0 radical (unpaired) electrons. The quantitative estimate of drug-likeness (QED) is 0.285. The largest absolute Gasteiger partial charge is 0.423 e. The van der Waals surface area contributed by atoms with E-state index >= 15 is 0 Å². The van der Waals surface area contributed by atoms with Gasteiger partial charge in [-0.15, -0.1) is 0 Å². The van der Waals surface area contributed by atoms with Crippen LogP contribution in [0.3, 0.4) is 0 Å². The molecule has 0 atom stereocenters. The van der Waals surface area contributed by atoms with Gasteiger partial charge >= 0.3 is 5.97 Å². The van der Waals surface area contributed by atoms with Crippen molar-refractivity contribution >= 4 is 16.9 Å². The number of carbonyl (C=O) groups is 1. The summed E-state index contributed by atoms with van der Waals surface area (Å²) in [5.41, 5.74) is 0.796. The Kier molecular flexibility index (Phi) is 4.12. The number of rotatable bonds is 3. The van der Waals surface area contributed by atoms with Crippen LogP contribution in [0.4, 0.5) is 13.2 Å². The lowest BCUT2D eigenvalue weighted by atomic mass is 10.1. The van der Waals surface area contributed by atoms with E-state index in [9.17, 15) is 18.0 Å². The van der Waals surface area contributed by atoms with E-state index in [1.54, 1.807) is 30.3 Å². The second-order valence-electron chi connectivity index (χ2n) is 5.70. The number of hydrogen-bond acceptors (Lipinski definition) is 4. The molecule has 3 aromatic carbocycles. The maximum Gasteiger partial charge on any atom is 0.343 e. The molecule has 0 aliphatic carbocycles. The zero-order chi connectivity index (χ0) is 19.0. The van der Waals surface area contributed by atoms with E-state index in [2.05, 4.69) is 5.16 Å². The van der Waals surface area contributed by atoms with E-state index < -0.39 is 23.4 Å². The first-order valence-electron chi connectivity index (χ1n) is 7.84. The first-order valence-corrected chi connectivity index (χ1v) is 7.84. The first-order chi connectivity index (χ1) is 13.0. The summed E-state index contributed by atoms with van der Waals surface area (Å²) in [5.74, 6) is -4.53. The van der Waals surface area contributed by atoms with Gasteiger partial charge in [-0.1, -0.05) is 23.4 Å². The Bertz CT molecular complexity index is 1130. The molecular formula is C20H10F3NO3. The Morgan fingerprint density at radius 3 is 2.33 bits per heavy atom. The summed E-state index contributed by atoms with van der Waals surface area (Å²) in [5, 5.41) is 4.22. The number of fused-ring (bicyclic) bond motifs is 1. The van der Waals surface area contributed by atoms with Crippen LogP contribution in [0, 0.1) is 17.5 Å². The first kappa shape index (κ1) is 16.8. The second kappa shape index (κ2) is 6.60. The van der Waals surface area contributed by atoms with Crippen molar-refractivity contribution in [3.63, 3.8) is 0 Å². The summed E-state index contributed by atoms with van der Waals surface area (Å²) in [7, 11) is 0. The maximum atomic E-state index is 13.5. The van der Waals surface area contributed by atoms with Gasteiger partial charge in [-0.25, -0.2) is 18.0 Å². The van der Waals surface area contributed by atoms with Crippen molar-refractivity contribution in [3.05, 3.63) is 83.7 Å². The normalized spacial score (nSPS) is 10.9. The Labute approximate surface area is 150 Å². The van der Waals surface area contributed by atoms with Crippen molar-refractivity contribution in [2.45, 2.75) is 0 Å². The van der Waals surface area contributed by atoms with Crippen LogP contribution in [0.1, 0.15) is 10.4 Å². The lowest BCUT2D eigenvalue weighted by Crippen LogP contribution is -2.07. The summed E-state index contributed by atoms with van der Waals surface area (Å²) in [6.07, 6.45) is 0. The minimum atomic E-state index is -1.55. The van der Waals surface area contributed by atoms with E-state index in [0.29, 0.717) is 10.9 Å². The number of hydrogen-bond donors (Lipinski definition) is 0. The van der Waals surface area contributed by atoms with Crippen LogP contribution in [0.5, 0.6) is 5.75 Å². The monoisotopic (exact) mass is 369 g/mol. The summed E-state index contributed by atoms with van der Waals surface area (Å²) < 4.78 is 50.5. The molecule has 0 aliphatic heterocycles. The molecule has 0 aliphatic rings. The number of benzene rings is 3. The highest BCUT2D eigenvalue weighted by molar-refractivity contribution is 5.94. The van der Waals surface area contributed by atoms with Gasteiger partial charge in [-0.2, -0.15) is 0 Å². The van der Waals surface area contributed by atoms with Crippen LogP contribution in [0.15, 0.2) is 65.2 Å². The molecule has 4 nitrogen and oxygen atoms in total. The topological polar surface area (TPSA) is 52.3 Å². The minimum Gasteiger partial charge on any atom is -0.423 e. The van der Waals surface area contributed by atoms with E-state index in [1.807, 2.05) is 0 Å². The zero-order valence-electron chi connectivity index (χ0n) is 13.6. The fourth-order valence-electron chi connectivity index (χ4n) is 2.62. The van der Waals surface area contributed by atoms with Gasteiger partial charge in [0.05, 0.1) is 5.56 Å². The highest BCUT2D eigenvalue weighted by Crippen LogP contribution is 2.32. The van der Waals surface area contributed by atoms with E-state index in [4.69, 9.17) is 9.26 Å². The molecule has 0 saturated heterocycles. The molecule has 0 amide bonds. The van der Waals surface area contributed by atoms with E-state index in [0.717, 1.165) is 12.1 Å². The number of esters is 1. The van der Waals surface area contributed by atoms with Crippen LogP contribution < -0.4 is 4.74 Å². The Hall–Kier alpha value is -3.61. The van der Waals surface area contributed by atoms with Crippen molar-refractivity contribution in [1.29, 1.82) is 0 Å². The number of nitrogens with zero attached hydrogens (tertiary/aromatic N) is 1. The van der Waals surface area contributed by atoms with Crippen LogP contribution in [0.25, 0.3) is 22.2 Å². The number of halogens is 3. The van der Waals surface area contributed by atoms with Crippen LogP contribution in [-0.4, -0.2) is 11.1 Å². The third kappa shape index (κ3) is 3.15. The van der Waals surface area contributed by atoms with E-state index in [1.165, 1.54) is 18.2 Å². The molecule has 4 rings (SSSR count). The molecule has 0 bridgehead atoms. The smallest absolute Gasteiger partial charge is 0.343 e. The molecule has 0 saturated carbocycles. The lowest BCUT2D eigenvalue weighted by Gasteiger charge is -2.04. The maximum absolute atomic E-state index is 13.5. The third-order valence-corrected chi connectivity index (χ3v) is 3.92. The summed E-state index contributed by atoms with van der Waals surface area (Å²) in [6, 6.07) is 14.6. The molecule has 134 valence electrons. The van der Waals surface area contributed by atoms with Crippen molar-refractivity contribution in [1.82, 2.24) is 5.16 Å². The fraction of sp³-hybridized carbons (Fsp3) is 0. The molecule has 0 N–H and O–H groups in total. The molecule has 1 aromatic heterocycles. The predicted molar refractivity (Wildman–Crippen MR) is 90.7 cm³/mol. The molecule has 0 unspecified atom stereocenters. The third-order valence-electron chi connectivity index (χ3n) is 3.92. The Morgan fingerprint density at radius 1 is 0.926 bits per heavy atom. The summed E-state index contributed by atoms with van der Waals surface area (Å²) >= 11 is 0. The second-order valence-corrected chi connectivity index (χ2v) is 5.70. The van der Waals surface area contributed by atoms with Crippen molar-refractivity contribution < 1.29 is 27.2 Å². The fourth-order valence-corrected chi connectivity index (χ4v) is 2.62. The highest BCUT2D eigenvalue weighted by Gasteiger charge is 2.17. The lowest BCUT2D eigenvalue weighted by molar-refractivity contribution is 0.0735. The number of aromatic nitrogens is 1. The van der Waals surface area contributed by atoms with Crippen LogP contribution in [0.2, 0.25) is 0 Å². The van der Waals surface area contributed by atoms with Gasteiger partial charge in [0.25, 0.3) is 0 Å². The molecule has 0 spiro atoms. The average Bonchev–Trinajstić information content (AvgIpc) is 3.09. The van der Waals surface area contributed by atoms with Gasteiger partial charge in [-0.05, 0) is 36.4 Å².